The number of pyridine rings is 1. The van der Waals surface area contributed by atoms with Gasteiger partial charge in [0.15, 0.2) is 6.67 Å². The molecule has 31 heavy (non-hydrogen) atoms. The van der Waals surface area contributed by atoms with Gasteiger partial charge >= 0.3 is 0 Å². The first kappa shape index (κ1) is 20.5. The number of alkyl halides is 1. The monoisotopic (exact) mass is 419 g/mol. The Morgan fingerprint density at radius 3 is 2.71 bits per heavy atom. The SMILES string of the molecule is CN1NC(C)(C(=O)Nc2cccc(-c3ccccc3NC(=O)CF)c2)c2cccnc21. The summed E-state index contributed by atoms with van der Waals surface area (Å²) < 4.78 is 12.7. The van der Waals surface area contributed by atoms with Gasteiger partial charge in [0, 0.05) is 35.7 Å². The van der Waals surface area contributed by atoms with Gasteiger partial charge in [0.05, 0.1) is 0 Å². The van der Waals surface area contributed by atoms with Crippen LogP contribution < -0.4 is 21.1 Å². The second kappa shape index (κ2) is 8.16. The van der Waals surface area contributed by atoms with Gasteiger partial charge in [-0.1, -0.05) is 36.4 Å². The first-order valence-corrected chi connectivity index (χ1v) is 9.76. The fourth-order valence-corrected chi connectivity index (χ4v) is 3.72. The number of hydrogen-bond acceptors (Lipinski definition) is 5. The first-order valence-electron chi connectivity index (χ1n) is 9.76. The molecule has 0 saturated heterocycles. The summed E-state index contributed by atoms with van der Waals surface area (Å²) in [6.45, 7) is 0.707. The van der Waals surface area contributed by atoms with Gasteiger partial charge in [-0.05, 0) is 36.8 Å². The topological polar surface area (TPSA) is 86.4 Å². The van der Waals surface area contributed by atoms with Gasteiger partial charge in [-0.3, -0.25) is 14.6 Å². The maximum Gasteiger partial charge on any atom is 0.255 e. The van der Waals surface area contributed by atoms with Crippen LogP contribution in [0.3, 0.4) is 0 Å². The van der Waals surface area contributed by atoms with Gasteiger partial charge in [0.1, 0.15) is 11.4 Å². The van der Waals surface area contributed by atoms with E-state index in [9.17, 15) is 14.0 Å². The third-order valence-electron chi connectivity index (χ3n) is 5.24. The number of carbonyl (C=O) groups excluding carboxylic acids is 2. The van der Waals surface area contributed by atoms with Gasteiger partial charge < -0.3 is 10.6 Å². The number of anilines is 3. The summed E-state index contributed by atoms with van der Waals surface area (Å²) in [5, 5.41) is 7.26. The van der Waals surface area contributed by atoms with E-state index in [-0.39, 0.29) is 5.91 Å². The van der Waals surface area contributed by atoms with E-state index in [0.717, 1.165) is 16.7 Å². The Balaban J connectivity index is 1.61. The van der Waals surface area contributed by atoms with Crippen molar-refractivity contribution in [1.82, 2.24) is 10.4 Å². The Morgan fingerprint density at radius 2 is 1.90 bits per heavy atom. The van der Waals surface area contributed by atoms with Gasteiger partial charge in [0.25, 0.3) is 11.8 Å². The van der Waals surface area contributed by atoms with Crippen molar-refractivity contribution in [1.29, 1.82) is 0 Å². The molecule has 1 aliphatic rings. The molecular formula is C23H22FN5O2. The van der Waals surface area contributed by atoms with Crippen molar-refractivity contribution in [3.8, 4) is 11.1 Å². The number of hydrazine groups is 1. The van der Waals surface area contributed by atoms with Crippen molar-refractivity contribution < 1.29 is 14.0 Å². The lowest BCUT2D eigenvalue weighted by Gasteiger charge is -2.25. The fourth-order valence-electron chi connectivity index (χ4n) is 3.72. The van der Waals surface area contributed by atoms with E-state index in [2.05, 4.69) is 21.0 Å². The number of fused-ring (bicyclic) bond motifs is 1. The summed E-state index contributed by atoms with van der Waals surface area (Å²) in [7, 11) is 1.81. The third kappa shape index (κ3) is 3.85. The molecule has 0 radical (unpaired) electrons. The van der Waals surface area contributed by atoms with Crippen LogP contribution in [0, 0.1) is 0 Å². The minimum absolute atomic E-state index is 0.234. The van der Waals surface area contributed by atoms with E-state index >= 15 is 0 Å². The molecule has 158 valence electrons. The molecule has 4 rings (SSSR count). The van der Waals surface area contributed by atoms with Gasteiger partial charge in [-0.25, -0.2) is 14.8 Å². The number of carbonyl (C=O) groups is 2. The Labute approximate surface area is 179 Å². The molecule has 2 amide bonds. The number of nitrogens with zero attached hydrogens (tertiary/aromatic N) is 2. The zero-order chi connectivity index (χ0) is 22.0. The first-order chi connectivity index (χ1) is 14.9. The van der Waals surface area contributed by atoms with Crippen molar-refractivity contribution in [2.75, 3.05) is 29.4 Å². The molecule has 0 bridgehead atoms. The predicted molar refractivity (Wildman–Crippen MR) is 118 cm³/mol. The second-order valence-corrected chi connectivity index (χ2v) is 7.43. The van der Waals surface area contributed by atoms with Crippen LogP contribution in [0.25, 0.3) is 11.1 Å². The molecule has 2 aromatic carbocycles. The number of halogens is 1. The van der Waals surface area contributed by atoms with Crippen LogP contribution in [0.15, 0.2) is 66.9 Å². The van der Waals surface area contributed by atoms with Crippen LogP contribution in [0.5, 0.6) is 0 Å². The average molecular weight is 419 g/mol. The molecule has 1 aliphatic heterocycles. The zero-order valence-electron chi connectivity index (χ0n) is 17.1. The summed E-state index contributed by atoms with van der Waals surface area (Å²) >= 11 is 0. The lowest BCUT2D eigenvalue weighted by Crippen LogP contribution is -2.50. The molecule has 0 saturated carbocycles. The fraction of sp³-hybridized carbons (Fsp3) is 0.174. The number of benzene rings is 2. The van der Waals surface area contributed by atoms with E-state index in [1.807, 2.05) is 43.4 Å². The molecule has 1 aromatic heterocycles. The van der Waals surface area contributed by atoms with E-state index < -0.39 is 18.1 Å². The molecule has 1 unspecified atom stereocenters. The highest BCUT2D eigenvalue weighted by Gasteiger charge is 2.44. The van der Waals surface area contributed by atoms with Gasteiger partial charge in [-0.2, -0.15) is 0 Å². The van der Waals surface area contributed by atoms with Crippen molar-refractivity contribution in [2.24, 2.45) is 0 Å². The zero-order valence-corrected chi connectivity index (χ0v) is 17.1. The molecule has 1 atom stereocenters. The van der Waals surface area contributed by atoms with E-state index in [0.29, 0.717) is 17.2 Å². The van der Waals surface area contributed by atoms with Crippen LogP contribution in [0.2, 0.25) is 0 Å². The number of rotatable bonds is 5. The quantitative estimate of drug-likeness (QED) is 0.590. The maximum absolute atomic E-state index is 13.2. The molecule has 8 heteroatoms. The molecule has 7 nitrogen and oxygen atoms in total. The maximum atomic E-state index is 13.2. The smallest absolute Gasteiger partial charge is 0.255 e. The summed E-state index contributed by atoms with van der Waals surface area (Å²) in [5.74, 6) is -0.248. The molecule has 0 fully saturated rings. The number of nitrogens with one attached hydrogen (secondary N) is 3. The number of para-hydroxylation sites is 1. The molecule has 3 aromatic rings. The van der Waals surface area contributed by atoms with Crippen molar-refractivity contribution >= 4 is 29.0 Å². The van der Waals surface area contributed by atoms with E-state index in [4.69, 9.17) is 0 Å². The minimum atomic E-state index is -1.10. The Hall–Kier alpha value is -3.78. The summed E-state index contributed by atoms with van der Waals surface area (Å²) in [5.41, 5.74) is 5.56. The largest absolute Gasteiger partial charge is 0.324 e. The summed E-state index contributed by atoms with van der Waals surface area (Å²) in [4.78, 5) is 29.1. The van der Waals surface area contributed by atoms with Gasteiger partial charge in [0.2, 0.25) is 0 Å². The predicted octanol–water partition coefficient (Wildman–Crippen LogP) is 3.46. The third-order valence-corrected chi connectivity index (χ3v) is 5.24. The van der Waals surface area contributed by atoms with Crippen LogP contribution in [-0.2, 0) is 15.1 Å². The molecule has 0 spiro atoms. The van der Waals surface area contributed by atoms with E-state index in [1.54, 1.807) is 42.4 Å². The van der Waals surface area contributed by atoms with Crippen molar-refractivity contribution in [3.63, 3.8) is 0 Å². The van der Waals surface area contributed by atoms with Crippen LogP contribution in [0.1, 0.15) is 12.5 Å². The molecule has 0 aliphatic carbocycles. The minimum Gasteiger partial charge on any atom is -0.324 e. The lowest BCUT2D eigenvalue weighted by atomic mass is 9.93. The Morgan fingerprint density at radius 1 is 1.10 bits per heavy atom. The van der Waals surface area contributed by atoms with E-state index in [1.165, 1.54) is 0 Å². The van der Waals surface area contributed by atoms with Crippen LogP contribution in [0.4, 0.5) is 21.6 Å². The summed E-state index contributed by atoms with van der Waals surface area (Å²) in [6.07, 6.45) is 1.68. The van der Waals surface area contributed by atoms with Gasteiger partial charge in [-0.15, -0.1) is 0 Å². The Bertz CT molecular complexity index is 1150. The standard InChI is InChI=1S/C23H22FN5O2/c1-23(18-10-6-12-25-21(18)29(2)28-23)22(31)26-16-8-5-7-15(13-16)17-9-3-4-11-19(17)27-20(30)14-24/h3-13,28H,14H2,1-2H3,(H,26,31)(H,27,30). The van der Waals surface area contributed by atoms with Crippen molar-refractivity contribution in [3.05, 3.63) is 72.4 Å². The molecule has 2 heterocycles. The highest BCUT2D eigenvalue weighted by molar-refractivity contribution is 6.01. The summed E-state index contributed by atoms with van der Waals surface area (Å²) in [6, 6.07) is 18.1. The van der Waals surface area contributed by atoms with Crippen LogP contribution >= 0.6 is 0 Å². The molecular weight excluding hydrogens is 397 g/mol. The molecule has 3 N–H and O–H groups in total. The second-order valence-electron chi connectivity index (χ2n) is 7.43. The highest BCUT2D eigenvalue weighted by Crippen LogP contribution is 2.36. The number of amides is 2. The van der Waals surface area contributed by atoms with Crippen LogP contribution in [-0.4, -0.2) is 30.5 Å². The Kier molecular flexibility index (Phi) is 5.39. The number of aromatic nitrogens is 1. The average Bonchev–Trinajstić information content (AvgIpc) is 3.06. The highest BCUT2D eigenvalue weighted by atomic mass is 19.1. The van der Waals surface area contributed by atoms with Crippen molar-refractivity contribution in [2.45, 2.75) is 12.5 Å². The number of hydrogen-bond donors (Lipinski definition) is 3. The lowest BCUT2D eigenvalue weighted by molar-refractivity contribution is -0.122. The normalized spacial score (nSPS) is 17.2.